The van der Waals surface area contributed by atoms with E-state index in [-0.39, 0.29) is 11.9 Å². The summed E-state index contributed by atoms with van der Waals surface area (Å²) in [6, 6.07) is 0.0960. The smallest absolute Gasteiger partial charge is 0.227 e. The van der Waals surface area contributed by atoms with Gasteiger partial charge in [0.25, 0.3) is 0 Å². The Balaban J connectivity index is 1.81. The van der Waals surface area contributed by atoms with E-state index in [1.807, 2.05) is 43.5 Å². The van der Waals surface area contributed by atoms with Crippen LogP contribution in [-0.4, -0.2) is 37.1 Å². The van der Waals surface area contributed by atoms with Crippen LogP contribution in [-0.2, 0) is 18.3 Å². The maximum absolute atomic E-state index is 12.8. The monoisotopic (exact) mass is 301 g/mol. The van der Waals surface area contributed by atoms with Crippen molar-refractivity contribution in [2.75, 3.05) is 6.54 Å². The number of hydrogen-bond donors (Lipinski definition) is 1. The van der Waals surface area contributed by atoms with E-state index in [2.05, 4.69) is 15.2 Å². The largest absolute Gasteiger partial charge is 0.336 e. The van der Waals surface area contributed by atoms with Crippen molar-refractivity contribution in [1.82, 2.24) is 24.6 Å². The van der Waals surface area contributed by atoms with Crippen molar-refractivity contribution in [3.8, 4) is 0 Å². The zero-order chi connectivity index (χ0) is 15.9. The highest BCUT2D eigenvalue weighted by Gasteiger charge is 2.33. The van der Waals surface area contributed by atoms with Gasteiger partial charge in [0.05, 0.1) is 23.9 Å². The number of imidazole rings is 1. The Labute approximate surface area is 130 Å². The van der Waals surface area contributed by atoms with E-state index < -0.39 is 0 Å². The molecule has 0 unspecified atom stereocenters. The summed E-state index contributed by atoms with van der Waals surface area (Å²) in [5, 5.41) is 7.13. The van der Waals surface area contributed by atoms with Crippen LogP contribution >= 0.6 is 0 Å². The molecule has 0 saturated carbocycles. The van der Waals surface area contributed by atoms with Gasteiger partial charge in [0.1, 0.15) is 5.82 Å². The van der Waals surface area contributed by atoms with Crippen LogP contribution < -0.4 is 0 Å². The SMILES string of the molecule is Cc1cn(C)c([C@@H]2CCCN2C(=O)Cc2c(C)n[nH]c2C)n1. The number of nitrogens with zero attached hydrogens (tertiary/aromatic N) is 4. The molecule has 1 fully saturated rings. The molecule has 118 valence electrons. The Bertz CT molecular complexity index is 680. The highest BCUT2D eigenvalue weighted by Crippen LogP contribution is 2.31. The number of aromatic amines is 1. The lowest BCUT2D eigenvalue weighted by atomic mass is 10.1. The fourth-order valence-corrected chi connectivity index (χ4v) is 3.37. The first-order valence-corrected chi connectivity index (χ1v) is 7.77. The minimum Gasteiger partial charge on any atom is -0.336 e. The van der Waals surface area contributed by atoms with Gasteiger partial charge in [-0.05, 0) is 33.6 Å². The lowest BCUT2D eigenvalue weighted by Gasteiger charge is -2.24. The number of aromatic nitrogens is 4. The molecule has 1 amide bonds. The molecule has 3 rings (SSSR count). The summed E-state index contributed by atoms with van der Waals surface area (Å²) in [5.74, 6) is 1.15. The summed E-state index contributed by atoms with van der Waals surface area (Å²) in [7, 11) is 2.00. The van der Waals surface area contributed by atoms with Crippen LogP contribution in [0.15, 0.2) is 6.20 Å². The first kappa shape index (κ1) is 14.8. The van der Waals surface area contributed by atoms with Crippen molar-refractivity contribution in [2.24, 2.45) is 7.05 Å². The molecule has 1 aliphatic rings. The van der Waals surface area contributed by atoms with Crippen LogP contribution in [0.2, 0.25) is 0 Å². The molecule has 0 bridgehead atoms. The standard InChI is InChI=1S/C16H23N5O/c1-10-9-20(4)16(17-10)14-6-5-7-21(14)15(22)8-13-11(2)18-19-12(13)3/h9,14H,5-8H2,1-4H3,(H,18,19)/t14-/m0/s1. The topological polar surface area (TPSA) is 66.8 Å². The third-order valence-electron chi connectivity index (χ3n) is 4.51. The summed E-state index contributed by atoms with van der Waals surface area (Å²) in [4.78, 5) is 19.4. The zero-order valence-electron chi connectivity index (χ0n) is 13.7. The number of aryl methyl sites for hydroxylation is 4. The number of carbonyl (C=O) groups is 1. The molecule has 6 nitrogen and oxygen atoms in total. The van der Waals surface area contributed by atoms with Crippen molar-refractivity contribution < 1.29 is 4.79 Å². The first-order chi connectivity index (χ1) is 10.5. The summed E-state index contributed by atoms with van der Waals surface area (Å²) >= 11 is 0. The second-order valence-corrected chi connectivity index (χ2v) is 6.19. The minimum atomic E-state index is 0.0960. The van der Waals surface area contributed by atoms with Gasteiger partial charge >= 0.3 is 0 Å². The van der Waals surface area contributed by atoms with Gasteiger partial charge in [-0.15, -0.1) is 0 Å². The number of hydrogen-bond acceptors (Lipinski definition) is 3. The highest BCUT2D eigenvalue weighted by atomic mass is 16.2. The fraction of sp³-hybridized carbons (Fsp3) is 0.562. The number of carbonyl (C=O) groups excluding carboxylic acids is 1. The van der Waals surface area contributed by atoms with Gasteiger partial charge in [0.2, 0.25) is 5.91 Å². The van der Waals surface area contributed by atoms with E-state index in [0.29, 0.717) is 6.42 Å². The minimum absolute atomic E-state index is 0.0960. The van der Waals surface area contributed by atoms with Gasteiger partial charge < -0.3 is 9.47 Å². The molecule has 0 aliphatic carbocycles. The first-order valence-electron chi connectivity index (χ1n) is 7.77. The molecule has 1 saturated heterocycles. The van der Waals surface area contributed by atoms with Gasteiger partial charge in [0.15, 0.2) is 0 Å². The van der Waals surface area contributed by atoms with Crippen LogP contribution in [0.3, 0.4) is 0 Å². The van der Waals surface area contributed by atoms with Crippen molar-refractivity contribution in [3.63, 3.8) is 0 Å². The van der Waals surface area contributed by atoms with E-state index in [1.165, 1.54) is 0 Å². The van der Waals surface area contributed by atoms with Crippen LogP contribution in [0, 0.1) is 20.8 Å². The Hall–Kier alpha value is -2.11. The van der Waals surface area contributed by atoms with E-state index in [0.717, 1.165) is 47.9 Å². The van der Waals surface area contributed by atoms with Crippen molar-refractivity contribution in [2.45, 2.75) is 46.1 Å². The molecule has 1 atom stereocenters. The Morgan fingerprint density at radius 2 is 2.18 bits per heavy atom. The van der Waals surface area contributed by atoms with Crippen molar-refractivity contribution in [1.29, 1.82) is 0 Å². The molecule has 22 heavy (non-hydrogen) atoms. The molecule has 1 aliphatic heterocycles. The number of likely N-dealkylation sites (tertiary alicyclic amines) is 1. The Kier molecular flexibility index (Phi) is 3.76. The highest BCUT2D eigenvalue weighted by molar-refractivity contribution is 5.80. The molecule has 2 aromatic rings. The third kappa shape index (κ3) is 2.53. The zero-order valence-corrected chi connectivity index (χ0v) is 13.7. The maximum atomic E-state index is 12.8. The average molecular weight is 301 g/mol. The van der Waals surface area contributed by atoms with Crippen LogP contribution in [0.1, 0.15) is 47.4 Å². The number of amides is 1. The normalized spacial score (nSPS) is 18.2. The van der Waals surface area contributed by atoms with E-state index in [1.54, 1.807) is 0 Å². The quantitative estimate of drug-likeness (QED) is 0.942. The number of rotatable bonds is 3. The maximum Gasteiger partial charge on any atom is 0.227 e. The van der Waals surface area contributed by atoms with Crippen LogP contribution in [0.4, 0.5) is 0 Å². The molecular formula is C16H23N5O. The predicted molar refractivity (Wildman–Crippen MR) is 83.4 cm³/mol. The van der Waals surface area contributed by atoms with Gasteiger partial charge in [-0.1, -0.05) is 0 Å². The van der Waals surface area contributed by atoms with E-state index >= 15 is 0 Å². The second kappa shape index (κ2) is 5.59. The van der Waals surface area contributed by atoms with Crippen molar-refractivity contribution >= 4 is 5.91 Å². The van der Waals surface area contributed by atoms with Crippen LogP contribution in [0.25, 0.3) is 0 Å². The lowest BCUT2D eigenvalue weighted by molar-refractivity contribution is -0.131. The fourth-order valence-electron chi connectivity index (χ4n) is 3.37. The molecule has 1 N–H and O–H groups in total. The number of H-pyrrole nitrogens is 1. The van der Waals surface area contributed by atoms with Gasteiger partial charge in [0, 0.05) is 31.0 Å². The van der Waals surface area contributed by atoms with Crippen molar-refractivity contribution in [3.05, 3.63) is 34.7 Å². The number of nitrogens with one attached hydrogen (secondary N) is 1. The molecule has 0 aromatic carbocycles. The molecule has 6 heteroatoms. The van der Waals surface area contributed by atoms with E-state index in [9.17, 15) is 4.79 Å². The predicted octanol–water partition coefficient (Wildman–Crippen LogP) is 1.97. The molecule has 0 spiro atoms. The van der Waals surface area contributed by atoms with Gasteiger partial charge in [-0.25, -0.2) is 4.98 Å². The summed E-state index contributed by atoms with van der Waals surface area (Å²) in [5.41, 5.74) is 3.91. The summed E-state index contributed by atoms with van der Waals surface area (Å²) in [6.07, 6.45) is 4.44. The van der Waals surface area contributed by atoms with Gasteiger partial charge in [-0.3, -0.25) is 9.89 Å². The average Bonchev–Trinajstić information content (AvgIpc) is 3.14. The molecular weight excluding hydrogens is 278 g/mol. The Morgan fingerprint density at radius 1 is 1.41 bits per heavy atom. The third-order valence-corrected chi connectivity index (χ3v) is 4.51. The van der Waals surface area contributed by atoms with Gasteiger partial charge in [-0.2, -0.15) is 5.10 Å². The van der Waals surface area contributed by atoms with Crippen LogP contribution in [0.5, 0.6) is 0 Å². The summed E-state index contributed by atoms with van der Waals surface area (Å²) < 4.78 is 2.04. The summed E-state index contributed by atoms with van der Waals surface area (Å²) in [6.45, 7) is 6.70. The molecule has 2 aromatic heterocycles. The second-order valence-electron chi connectivity index (χ2n) is 6.19. The molecule has 0 radical (unpaired) electrons. The lowest BCUT2D eigenvalue weighted by Crippen LogP contribution is -2.33. The molecule has 3 heterocycles. The van der Waals surface area contributed by atoms with E-state index in [4.69, 9.17) is 0 Å². The Morgan fingerprint density at radius 3 is 2.77 bits per heavy atom.